The summed E-state index contributed by atoms with van der Waals surface area (Å²) in [6.45, 7) is 12.8. The van der Waals surface area contributed by atoms with Crippen LogP contribution < -0.4 is 14.4 Å². The van der Waals surface area contributed by atoms with Crippen LogP contribution in [-0.2, 0) is 15.0 Å². The van der Waals surface area contributed by atoms with E-state index in [1.165, 1.54) is 4.90 Å². The highest BCUT2D eigenvalue weighted by Crippen LogP contribution is 2.43. The molecule has 0 spiro atoms. The first-order valence-corrected chi connectivity index (χ1v) is 13.3. The zero-order valence-electron chi connectivity index (χ0n) is 23.7. The summed E-state index contributed by atoms with van der Waals surface area (Å²) >= 11 is 0. The van der Waals surface area contributed by atoms with E-state index in [2.05, 4.69) is 13.8 Å². The summed E-state index contributed by atoms with van der Waals surface area (Å²) in [5, 5.41) is 11.6. The molecule has 1 saturated heterocycles. The van der Waals surface area contributed by atoms with E-state index in [0.717, 1.165) is 11.1 Å². The van der Waals surface area contributed by atoms with Gasteiger partial charge in [-0.05, 0) is 71.8 Å². The predicted molar refractivity (Wildman–Crippen MR) is 155 cm³/mol. The Bertz CT molecular complexity index is 1400. The molecular weight excluding hydrogens is 490 g/mol. The topological polar surface area (TPSA) is 76.1 Å². The number of nitrogens with zero attached hydrogens (tertiary/aromatic N) is 1. The van der Waals surface area contributed by atoms with Crippen molar-refractivity contribution in [3.63, 3.8) is 0 Å². The molecule has 1 heterocycles. The highest BCUT2D eigenvalue weighted by Gasteiger charge is 2.47. The summed E-state index contributed by atoms with van der Waals surface area (Å²) in [6, 6.07) is 19.4. The molecule has 1 aliphatic rings. The maximum atomic E-state index is 13.6. The molecule has 0 aromatic heterocycles. The zero-order chi connectivity index (χ0) is 28.5. The predicted octanol–water partition coefficient (Wildman–Crippen LogP) is 7.14. The van der Waals surface area contributed by atoms with Gasteiger partial charge in [0, 0.05) is 16.8 Å². The van der Waals surface area contributed by atoms with Gasteiger partial charge < -0.3 is 14.6 Å². The summed E-state index contributed by atoms with van der Waals surface area (Å²) in [4.78, 5) is 28.6. The lowest BCUT2D eigenvalue weighted by molar-refractivity contribution is -0.132. The lowest BCUT2D eigenvalue weighted by Crippen LogP contribution is -2.29. The maximum Gasteiger partial charge on any atom is 0.300 e. The minimum atomic E-state index is -0.814. The number of hydrogen-bond donors (Lipinski definition) is 1. The van der Waals surface area contributed by atoms with Gasteiger partial charge in [0.15, 0.2) is 0 Å². The van der Waals surface area contributed by atoms with E-state index < -0.39 is 17.7 Å². The minimum absolute atomic E-state index is 0.0436. The number of amides is 1. The van der Waals surface area contributed by atoms with Crippen molar-refractivity contribution in [2.75, 3.05) is 18.6 Å². The molecule has 0 radical (unpaired) electrons. The van der Waals surface area contributed by atoms with Crippen molar-refractivity contribution in [3.05, 3.63) is 94.6 Å². The smallest absolute Gasteiger partial charge is 0.300 e. The number of ether oxygens (including phenoxy) is 2. The van der Waals surface area contributed by atoms with Gasteiger partial charge in [0.1, 0.15) is 17.3 Å². The fourth-order valence-electron chi connectivity index (χ4n) is 4.94. The Labute approximate surface area is 230 Å². The van der Waals surface area contributed by atoms with E-state index in [-0.39, 0.29) is 16.7 Å². The quantitative estimate of drug-likeness (QED) is 0.201. The number of carbonyl (C=O) groups is 2. The van der Waals surface area contributed by atoms with Gasteiger partial charge in [-0.1, -0.05) is 58.9 Å². The molecule has 1 aliphatic heterocycles. The number of Topliss-reactive ketones (excluding diaryl/α,β-unsaturated/α-hetero) is 1. The third-order valence-electron chi connectivity index (χ3n) is 7.07. The van der Waals surface area contributed by atoms with Crippen molar-refractivity contribution in [2.24, 2.45) is 0 Å². The Hall–Kier alpha value is -4.06. The molecule has 1 atom stereocenters. The van der Waals surface area contributed by atoms with Gasteiger partial charge in [0.05, 0.1) is 25.3 Å². The molecule has 0 aliphatic carbocycles. The Kier molecular flexibility index (Phi) is 7.86. The van der Waals surface area contributed by atoms with Gasteiger partial charge in [-0.3, -0.25) is 14.5 Å². The molecule has 204 valence electrons. The van der Waals surface area contributed by atoms with Crippen LogP contribution in [0.5, 0.6) is 11.5 Å². The fraction of sp³-hybridized carbons (Fsp3) is 0.333. The van der Waals surface area contributed by atoms with Crippen LogP contribution in [0.4, 0.5) is 5.69 Å². The van der Waals surface area contributed by atoms with Crippen molar-refractivity contribution in [3.8, 4) is 11.5 Å². The highest BCUT2D eigenvalue weighted by atomic mass is 16.5. The zero-order valence-corrected chi connectivity index (χ0v) is 23.7. The molecule has 1 fully saturated rings. The van der Waals surface area contributed by atoms with E-state index in [4.69, 9.17) is 9.47 Å². The number of aliphatic hydroxyl groups is 1. The third kappa shape index (κ3) is 5.42. The SMILES string of the molecule is CCOc1ccc(C2/C(=C(/O)c3ccc(OC)c(C(C)(C)C)c3)C(=O)C(=O)N2c2ccc(C(C)C)cc2)cc1. The minimum Gasteiger partial charge on any atom is -0.507 e. The molecule has 1 unspecified atom stereocenters. The first kappa shape index (κ1) is 28.0. The second-order valence-electron chi connectivity index (χ2n) is 11.1. The first-order valence-electron chi connectivity index (χ1n) is 13.3. The van der Waals surface area contributed by atoms with Crippen molar-refractivity contribution in [2.45, 2.75) is 58.9 Å². The van der Waals surface area contributed by atoms with Crippen molar-refractivity contribution in [1.82, 2.24) is 0 Å². The van der Waals surface area contributed by atoms with E-state index >= 15 is 0 Å². The Balaban J connectivity index is 1.92. The molecule has 3 aromatic rings. The van der Waals surface area contributed by atoms with Crippen LogP contribution in [0.3, 0.4) is 0 Å². The fourth-order valence-corrected chi connectivity index (χ4v) is 4.94. The van der Waals surface area contributed by atoms with Crippen LogP contribution in [0.1, 0.15) is 75.8 Å². The van der Waals surface area contributed by atoms with Crippen molar-refractivity contribution < 1.29 is 24.2 Å². The number of ketones is 1. The van der Waals surface area contributed by atoms with Gasteiger partial charge >= 0.3 is 0 Å². The normalized spacial score (nSPS) is 17.1. The molecular formula is C33H37NO5. The molecule has 4 rings (SSSR count). The molecule has 6 nitrogen and oxygen atoms in total. The second-order valence-corrected chi connectivity index (χ2v) is 11.1. The number of anilines is 1. The molecule has 0 saturated carbocycles. The van der Waals surface area contributed by atoms with Crippen LogP contribution in [0.15, 0.2) is 72.3 Å². The monoisotopic (exact) mass is 527 g/mol. The van der Waals surface area contributed by atoms with E-state index in [1.54, 1.807) is 19.2 Å². The average Bonchev–Trinajstić information content (AvgIpc) is 3.18. The first-order chi connectivity index (χ1) is 18.5. The lowest BCUT2D eigenvalue weighted by atomic mass is 9.84. The van der Waals surface area contributed by atoms with Crippen LogP contribution >= 0.6 is 0 Å². The lowest BCUT2D eigenvalue weighted by Gasteiger charge is -2.26. The Morgan fingerprint density at radius 2 is 1.62 bits per heavy atom. The molecule has 6 heteroatoms. The molecule has 1 N–H and O–H groups in total. The number of methoxy groups -OCH3 is 1. The number of carbonyl (C=O) groups excluding carboxylic acids is 2. The summed E-state index contributed by atoms with van der Waals surface area (Å²) in [7, 11) is 1.60. The van der Waals surface area contributed by atoms with Gasteiger partial charge in [0.2, 0.25) is 0 Å². The van der Waals surface area contributed by atoms with Gasteiger partial charge in [0.25, 0.3) is 11.7 Å². The van der Waals surface area contributed by atoms with Crippen LogP contribution in [-0.4, -0.2) is 30.5 Å². The standard InChI is InChI=1S/C33H37NO5/c1-8-39-25-16-11-22(12-17-25)29-28(30(35)23-13-18-27(38-7)26(19-23)33(4,5)6)31(36)32(37)34(29)24-14-9-21(10-15-24)20(2)3/h9-20,29,35H,8H2,1-7H3/b30-28-. The van der Waals surface area contributed by atoms with Gasteiger partial charge in [-0.2, -0.15) is 0 Å². The van der Waals surface area contributed by atoms with Gasteiger partial charge in [-0.25, -0.2) is 0 Å². The van der Waals surface area contributed by atoms with E-state index in [0.29, 0.717) is 40.8 Å². The third-order valence-corrected chi connectivity index (χ3v) is 7.07. The summed E-state index contributed by atoms with van der Waals surface area (Å²) in [5.41, 5.74) is 3.50. The number of rotatable bonds is 7. The second kappa shape index (κ2) is 11.0. The van der Waals surface area contributed by atoms with Crippen LogP contribution in [0.25, 0.3) is 5.76 Å². The van der Waals surface area contributed by atoms with Crippen molar-refractivity contribution >= 4 is 23.1 Å². The largest absolute Gasteiger partial charge is 0.507 e. The van der Waals surface area contributed by atoms with Crippen molar-refractivity contribution in [1.29, 1.82) is 0 Å². The van der Waals surface area contributed by atoms with Gasteiger partial charge in [-0.15, -0.1) is 0 Å². The Morgan fingerprint density at radius 1 is 0.974 bits per heavy atom. The van der Waals surface area contributed by atoms with E-state index in [9.17, 15) is 14.7 Å². The molecule has 0 bridgehead atoms. The molecule has 1 amide bonds. The average molecular weight is 528 g/mol. The number of aliphatic hydroxyl groups excluding tert-OH is 1. The Morgan fingerprint density at radius 3 is 2.15 bits per heavy atom. The van der Waals surface area contributed by atoms with E-state index in [1.807, 2.05) is 82.3 Å². The number of benzene rings is 3. The maximum absolute atomic E-state index is 13.6. The van der Waals surface area contributed by atoms with Crippen LogP contribution in [0, 0.1) is 0 Å². The summed E-state index contributed by atoms with van der Waals surface area (Å²) < 4.78 is 11.2. The molecule has 39 heavy (non-hydrogen) atoms. The summed E-state index contributed by atoms with van der Waals surface area (Å²) in [5.74, 6) is 0.0622. The summed E-state index contributed by atoms with van der Waals surface area (Å²) in [6.07, 6.45) is 0. The number of hydrogen-bond acceptors (Lipinski definition) is 5. The highest BCUT2D eigenvalue weighted by molar-refractivity contribution is 6.51. The van der Waals surface area contributed by atoms with Crippen LogP contribution in [0.2, 0.25) is 0 Å². The molecule has 3 aromatic carbocycles.